The number of amides is 1. The number of carbonyl (C=O) groups excluding carboxylic acids is 1. The van der Waals surface area contributed by atoms with Crippen LogP contribution in [0, 0.1) is 0 Å². The molecular weight excluding hydrogens is 337 g/mol. The first-order chi connectivity index (χ1) is 11.1. The first-order valence-corrected chi connectivity index (χ1v) is 7.44. The van der Waals surface area contributed by atoms with Crippen LogP contribution < -0.4 is 5.43 Å². The van der Waals surface area contributed by atoms with Crippen molar-refractivity contribution in [3.05, 3.63) is 58.1 Å². The molecule has 3 rings (SSSR count). The van der Waals surface area contributed by atoms with Crippen LogP contribution in [0.25, 0.3) is 11.0 Å². The number of hydrogen-bond donors (Lipinski definition) is 1. The average molecular weight is 348 g/mol. The van der Waals surface area contributed by atoms with Gasteiger partial charge in [-0.2, -0.15) is 5.10 Å². The van der Waals surface area contributed by atoms with E-state index in [1.807, 2.05) is 24.3 Å². The van der Waals surface area contributed by atoms with Crippen LogP contribution in [0.1, 0.15) is 5.56 Å². The minimum absolute atomic E-state index is 0.0270. The molecule has 6 nitrogen and oxygen atoms in total. The molecule has 0 unspecified atom stereocenters. The third-order valence-corrected chi connectivity index (χ3v) is 3.80. The fourth-order valence-electron chi connectivity index (χ4n) is 1.98. The third kappa shape index (κ3) is 3.67. The van der Waals surface area contributed by atoms with Gasteiger partial charge in [0.2, 0.25) is 0 Å². The molecule has 0 atom stereocenters. The summed E-state index contributed by atoms with van der Waals surface area (Å²) in [5.41, 5.74) is 4.69. The van der Waals surface area contributed by atoms with Gasteiger partial charge >= 0.3 is 0 Å². The highest BCUT2D eigenvalue weighted by atomic mass is 35.5. The van der Waals surface area contributed by atoms with E-state index in [1.54, 1.807) is 18.2 Å². The number of benzene rings is 2. The standard InChI is InChI=1S/C15H11Cl2N5O/c16-11-6-5-10(7-12(11)17)8-18-20-15(23)9-22-14-4-2-1-3-13(14)19-21-22/h1-8H,9H2,(H,20,23)/b18-8+. The Morgan fingerprint density at radius 2 is 2.04 bits per heavy atom. The lowest BCUT2D eigenvalue weighted by molar-refractivity contribution is -0.121. The van der Waals surface area contributed by atoms with E-state index in [9.17, 15) is 4.79 Å². The highest BCUT2D eigenvalue weighted by Gasteiger charge is 2.07. The zero-order valence-corrected chi connectivity index (χ0v) is 13.3. The van der Waals surface area contributed by atoms with Gasteiger partial charge in [0, 0.05) is 0 Å². The lowest BCUT2D eigenvalue weighted by atomic mass is 10.2. The summed E-state index contributed by atoms with van der Waals surface area (Å²) < 4.78 is 1.51. The molecule has 0 fully saturated rings. The number of rotatable bonds is 4. The van der Waals surface area contributed by atoms with E-state index in [0.29, 0.717) is 10.0 Å². The van der Waals surface area contributed by atoms with E-state index in [1.165, 1.54) is 10.9 Å². The molecule has 8 heteroatoms. The van der Waals surface area contributed by atoms with Crippen molar-refractivity contribution < 1.29 is 4.79 Å². The first-order valence-electron chi connectivity index (χ1n) is 6.68. The molecule has 0 aliphatic carbocycles. The topological polar surface area (TPSA) is 72.2 Å². The summed E-state index contributed by atoms with van der Waals surface area (Å²) in [6.07, 6.45) is 1.49. The second kappa shape index (κ2) is 6.76. The van der Waals surface area contributed by atoms with Gasteiger partial charge in [-0.1, -0.05) is 46.6 Å². The second-order valence-corrected chi connectivity index (χ2v) is 5.52. The zero-order valence-electron chi connectivity index (χ0n) is 11.8. The first kappa shape index (κ1) is 15.5. The highest BCUT2D eigenvalue weighted by molar-refractivity contribution is 6.42. The molecule has 0 aliphatic heterocycles. The van der Waals surface area contributed by atoms with Crippen LogP contribution in [-0.4, -0.2) is 27.1 Å². The quantitative estimate of drug-likeness (QED) is 0.582. The maximum absolute atomic E-state index is 11.9. The summed E-state index contributed by atoms with van der Waals surface area (Å²) >= 11 is 11.7. The molecule has 1 heterocycles. The Morgan fingerprint density at radius 3 is 2.87 bits per heavy atom. The molecule has 116 valence electrons. The Morgan fingerprint density at radius 1 is 1.22 bits per heavy atom. The highest BCUT2D eigenvalue weighted by Crippen LogP contribution is 2.21. The van der Waals surface area contributed by atoms with Crippen molar-refractivity contribution in [1.29, 1.82) is 0 Å². The van der Waals surface area contributed by atoms with Crippen LogP contribution in [0.15, 0.2) is 47.6 Å². The van der Waals surface area contributed by atoms with Gasteiger partial charge in [-0.05, 0) is 29.8 Å². The molecule has 1 amide bonds. The van der Waals surface area contributed by atoms with Crippen molar-refractivity contribution >= 4 is 46.4 Å². The third-order valence-electron chi connectivity index (χ3n) is 3.06. The molecule has 0 bridgehead atoms. The van der Waals surface area contributed by atoms with Crippen molar-refractivity contribution in [2.24, 2.45) is 5.10 Å². The Hall–Kier alpha value is -2.44. The van der Waals surface area contributed by atoms with Gasteiger partial charge in [0.1, 0.15) is 12.1 Å². The second-order valence-electron chi connectivity index (χ2n) is 4.70. The summed E-state index contributed by atoms with van der Waals surface area (Å²) in [5, 5.41) is 12.7. The molecule has 0 spiro atoms. The number of nitrogens with one attached hydrogen (secondary N) is 1. The summed E-state index contributed by atoms with van der Waals surface area (Å²) in [4.78, 5) is 11.9. The largest absolute Gasteiger partial charge is 0.271 e. The minimum Gasteiger partial charge on any atom is -0.271 e. The maximum atomic E-state index is 11.9. The van der Waals surface area contributed by atoms with E-state index in [-0.39, 0.29) is 12.5 Å². The Kier molecular flexibility index (Phi) is 4.55. The summed E-state index contributed by atoms with van der Waals surface area (Å²) in [6.45, 7) is 0.0270. The summed E-state index contributed by atoms with van der Waals surface area (Å²) in [6, 6.07) is 12.5. The molecular formula is C15H11Cl2N5O. The van der Waals surface area contributed by atoms with Crippen LogP contribution in [0.4, 0.5) is 0 Å². The number of carbonyl (C=O) groups is 1. The van der Waals surface area contributed by atoms with Gasteiger partial charge in [0.25, 0.3) is 5.91 Å². The molecule has 0 saturated heterocycles. The van der Waals surface area contributed by atoms with Gasteiger partial charge in [0.05, 0.1) is 21.8 Å². The fourth-order valence-corrected chi connectivity index (χ4v) is 2.28. The van der Waals surface area contributed by atoms with Crippen LogP contribution in [0.3, 0.4) is 0 Å². The van der Waals surface area contributed by atoms with E-state index >= 15 is 0 Å². The predicted octanol–water partition coefficient (Wildman–Crippen LogP) is 2.89. The molecule has 2 aromatic carbocycles. The van der Waals surface area contributed by atoms with Crippen LogP contribution in [-0.2, 0) is 11.3 Å². The van der Waals surface area contributed by atoms with Gasteiger partial charge in [-0.3, -0.25) is 4.79 Å². The Bertz CT molecular complexity index is 890. The van der Waals surface area contributed by atoms with E-state index in [0.717, 1.165) is 16.6 Å². The normalized spacial score (nSPS) is 11.2. The number of halogens is 2. The maximum Gasteiger partial charge on any atom is 0.261 e. The van der Waals surface area contributed by atoms with Crippen molar-refractivity contribution in [2.45, 2.75) is 6.54 Å². The van der Waals surface area contributed by atoms with Crippen LogP contribution in [0.2, 0.25) is 10.0 Å². The van der Waals surface area contributed by atoms with E-state index in [2.05, 4.69) is 20.8 Å². The van der Waals surface area contributed by atoms with Gasteiger partial charge in [0.15, 0.2) is 0 Å². The fraction of sp³-hybridized carbons (Fsp3) is 0.0667. The molecule has 0 saturated carbocycles. The summed E-state index contributed by atoms with van der Waals surface area (Å²) in [5.74, 6) is -0.308. The number of para-hydroxylation sites is 1. The average Bonchev–Trinajstić information content (AvgIpc) is 2.94. The van der Waals surface area contributed by atoms with Crippen molar-refractivity contribution in [1.82, 2.24) is 20.4 Å². The van der Waals surface area contributed by atoms with Crippen molar-refractivity contribution in [2.75, 3.05) is 0 Å². The number of nitrogens with zero attached hydrogens (tertiary/aromatic N) is 4. The summed E-state index contributed by atoms with van der Waals surface area (Å²) in [7, 11) is 0. The molecule has 3 aromatic rings. The van der Waals surface area contributed by atoms with E-state index in [4.69, 9.17) is 23.2 Å². The molecule has 0 aliphatic rings. The Labute approximate surface area is 141 Å². The Balaban J connectivity index is 1.63. The number of aromatic nitrogens is 3. The van der Waals surface area contributed by atoms with Gasteiger partial charge in [-0.15, -0.1) is 5.10 Å². The van der Waals surface area contributed by atoms with Crippen molar-refractivity contribution in [3.63, 3.8) is 0 Å². The van der Waals surface area contributed by atoms with Gasteiger partial charge in [-0.25, -0.2) is 10.1 Å². The van der Waals surface area contributed by atoms with Gasteiger partial charge < -0.3 is 0 Å². The lowest BCUT2D eigenvalue weighted by Crippen LogP contribution is -2.23. The number of fused-ring (bicyclic) bond motifs is 1. The lowest BCUT2D eigenvalue weighted by Gasteiger charge is -2.01. The van der Waals surface area contributed by atoms with Crippen LogP contribution >= 0.6 is 23.2 Å². The smallest absolute Gasteiger partial charge is 0.261 e. The number of hydrazone groups is 1. The zero-order chi connectivity index (χ0) is 16.2. The molecule has 1 aromatic heterocycles. The number of hydrogen-bond acceptors (Lipinski definition) is 4. The molecule has 1 N–H and O–H groups in total. The van der Waals surface area contributed by atoms with Crippen molar-refractivity contribution in [3.8, 4) is 0 Å². The molecule has 0 radical (unpaired) electrons. The SMILES string of the molecule is O=C(Cn1nnc2ccccc21)N/N=C/c1ccc(Cl)c(Cl)c1. The minimum atomic E-state index is -0.308. The molecule has 23 heavy (non-hydrogen) atoms. The van der Waals surface area contributed by atoms with E-state index < -0.39 is 0 Å². The predicted molar refractivity (Wildman–Crippen MR) is 89.7 cm³/mol. The van der Waals surface area contributed by atoms with Crippen LogP contribution in [0.5, 0.6) is 0 Å². The monoisotopic (exact) mass is 347 g/mol.